The van der Waals surface area contributed by atoms with E-state index in [1.54, 1.807) is 36.2 Å². The minimum atomic E-state index is -0.523. The lowest BCUT2D eigenvalue weighted by atomic mass is 10.1. The monoisotopic (exact) mass is 381 g/mol. The molecule has 7 nitrogen and oxygen atoms in total. The Hall–Kier alpha value is -3.35. The van der Waals surface area contributed by atoms with Gasteiger partial charge in [-0.3, -0.25) is 14.4 Å². The van der Waals surface area contributed by atoms with E-state index in [0.717, 1.165) is 0 Å². The minimum Gasteiger partial charge on any atom is -0.492 e. The zero-order chi connectivity index (χ0) is 20.3. The Balaban J connectivity index is 1.75. The number of carbonyl (C=O) groups excluding carboxylic acids is 3. The predicted octanol–water partition coefficient (Wildman–Crippen LogP) is 2.20. The van der Waals surface area contributed by atoms with E-state index in [2.05, 4.69) is 0 Å². The van der Waals surface area contributed by atoms with E-state index < -0.39 is 11.8 Å². The average molecular weight is 381 g/mol. The van der Waals surface area contributed by atoms with Gasteiger partial charge in [-0.25, -0.2) is 0 Å². The highest BCUT2D eigenvalue weighted by Crippen LogP contribution is 2.34. The van der Waals surface area contributed by atoms with Gasteiger partial charge in [0.25, 0.3) is 0 Å². The van der Waals surface area contributed by atoms with Crippen LogP contribution in [0.1, 0.15) is 23.7 Å². The van der Waals surface area contributed by atoms with Crippen LogP contribution in [-0.2, 0) is 9.59 Å². The topological polar surface area (TPSA) is 92.9 Å². The number of nitrogens with zero attached hydrogens (tertiary/aromatic N) is 2. The molecule has 1 aliphatic heterocycles. The number of hydrogen-bond donors (Lipinski definition) is 1. The Morgan fingerprint density at radius 2 is 1.86 bits per heavy atom. The van der Waals surface area contributed by atoms with E-state index >= 15 is 0 Å². The number of ether oxygens (including phenoxy) is 1. The van der Waals surface area contributed by atoms with Gasteiger partial charge in [0.1, 0.15) is 5.75 Å². The van der Waals surface area contributed by atoms with Crippen LogP contribution in [0.2, 0.25) is 0 Å². The van der Waals surface area contributed by atoms with Gasteiger partial charge in [-0.2, -0.15) is 0 Å². The van der Waals surface area contributed by atoms with Crippen LogP contribution in [0.4, 0.5) is 11.4 Å². The summed E-state index contributed by atoms with van der Waals surface area (Å²) in [5.74, 6) is -0.616. The predicted molar refractivity (Wildman–Crippen MR) is 106 cm³/mol. The quantitative estimate of drug-likeness (QED) is 0.830. The molecule has 1 atom stereocenters. The molecule has 1 saturated heterocycles. The highest BCUT2D eigenvalue weighted by atomic mass is 16.5. The fourth-order valence-electron chi connectivity index (χ4n) is 3.31. The molecule has 0 aromatic heterocycles. The Bertz CT molecular complexity index is 895. The van der Waals surface area contributed by atoms with Gasteiger partial charge in [-0.15, -0.1) is 0 Å². The standard InChI is InChI=1S/C21H23N3O4/c1-3-28-18-7-5-4-6-17(18)24-13-15(12-19(24)25)21(27)23(2)16-10-8-14(9-11-16)20(22)26/h4-11,15H,3,12-13H2,1-2H3,(H2,22,26). The van der Waals surface area contributed by atoms with Crippen LogP contribution in [0.15, 0.2) is 48.5 Å². The second-order valence-electron chi connectivity index (χ2n) is 6.61. The normalized spacial score (nSPS) is 16.1. The van der Waals surface area contributed by atoms with E-state index in [9.17, 15) is 14.4 Å². The van der Waals surface area contributed by atoms with Crippen LogP contribution in [0.3, 0.4) is 0 Å². The third-order valence-electron chi connectivity index (χ3n) is 4.80. The molecular weight excluding hydrogens is 358 g/mol. The first-order valence-electron chi connectivity index (χ1n) is 9.12. The fraction of sp³-hybridized carbons (Fsp3) is 0.286. The van der Waals surface area contributed by atoms with Gasteiger partial charge in [0, 0.05) is 31.3 Å². The van der Waals surface area contributed by atoms with Crippen LogP contribution in [0.25, 0.3) is 0 Å². The molecule has 1 heterocycles. The van der Waals surface area contributed by atoms with Crippen molar-refractivity contribution < 1.29 is 19.1 Å². The molecule has 1 aliphatic rings. The van der Waals surface area contributed by atoms with Crippen molar-refractivity contribution in [3.8, 4) is 5.75 Å². The SMILES string of the molecule is CCOc1ccccc1N1CC(C(=O)N(C)c2ccc(C(N)=O)cc2)CC1=O. The van der Waals surface area contributed by atoms with E-state index in [4.69, 9.17) is 10.5 Å². The molecule has 0 aliphatic carbocycles. The molecule has 0 spiro atoms. The van der Waals surface area contributed by atoms with Crippen molar-refractivity contribution >= 4 is 29.1 Å². The number of para-hydroxylation sites is 2. The number of primary amides is 1. The molecule has 3 amide bonds. The Kier molecular flexibility index (Phi) is 5.63. The maximum Gasteiger partial charge on any atom is 0.248 e. The van der Waals surface area contributed by atoms with Crippen molar-refractivity contribution in [2.45, 2.75) is 13.3 Å². The maximum absolute atomic E-state index is 12.9. The molecule has 2 N–H and O–H groups in total. The van der Waals surface area contributed by atoms with Crippen LogP contribution >= 0.6 is 0 Å². The first-order valence-corrected chi connectivity index (χ1v) is 9.12. The summed E-state index contributed by atoms with van der Waals surface area (Å²) in [7, 11) is 1.66. The first-order chi connectivity index (χ1) is 13.4. The van der Waals surface area contributed by atoms with Gasteiger partial charge >= 0.3 is 0 Å². The van der Waals surface area contributed by atoms with Crippen LogP contribution < -0.4 is 20.3 Å². The first kappa shape index (κ1) is 19.4. The maximum atomic E-state index is 12.9. The highest BCUT2D eigenvalue weighted by molar-refractivity contribution is 6.05. The molecule has 1 fully saturated rings. The van der Waals surface area contributed by atoms with Gasteiger partial charge in [-0.05, 0) is 43.3 Å². The summed E-state index contributed by atoms with van der Waals surface area (Å²) in [5.41, 5.74) is 6.93. The summed E-state index contributed by atoms with van der Waals surface area (Å²) in [5, 5.41) is 0. The van der Waals surface area contributed by atoms with Crippen LogP contribution in [0.5, 0.6) is 5.75 Å². The summed E-state index contributed by atoms with van der Waals surface area (Å²) in [6.07, 6.45) is 0.142. The average Bonchev–Trinajstić information content (AvgIpc) is 3.09. The fourth-order valence-corrected chi connectivity index (χ4v) is 3.31. The van der Waals surface area contributed by atoms with Gasteiger partial charge in [0.2, 0.25) is 17.7 Å². The van der Waals surface area contributed by atoms with Crippen molar-refractivity contribution in [3.05, 3.63) is 54.1 Å². The van der Waals surface area contributed by atoms with E-state index in [0.29, 0.717) is 35.8 Å². The van der Waals surface area contributed by atoms with Crippen molar-refractivity contribution in [1.29, 1.82) is 0 Å². The number of hydrogen-bond acceptors (Lipinski definition) is 4. The van der Waals surface area contributed by atoms with Crippen LogP contribution in [-0.4, -0.2) is 37.9 Å². The van der Waals surface area contributed by atoms with Crippen molar-refractivity contribution in [2.24, 2.45) is 11.7 Å². The smallest absolute Gasteiger partial charge is 0.248 e. The lowest BCUT2D eigenvalue weighted by Gasteiger charge is -2.22. The molecule has 146 valence electrons. The second-order valence-corrected chi connectivity index (χ2v) is 6.61. The largest absolute Gasteiger partial charge is 0.492 e. The number of benzene rings is 2. The van der Waals surface area contributed by atoms with Gasteiger partial charge in [-0.1, -0.05) is 12.1 Å². The lowest BCUT2D eigenvalue weighted by Crippen LogP contribution is -2.34. The molecule has 0 bridgehead atoms. The summed E-state index contributed by atoms with van der Waals surface area (Å²) in [6, 6.07) is 13.8. The molecular formula is C21H23N3O4. The third-order valence-corrected chi connectivity index (χ3v) is 4.80. The van der Waals surface area contributed by atoms with E-state index in [1.165, 1.54) is 4.90 Å². The van der Waals surface area contributed by atoms with E-state index in [-0.39, 0.29) is 18.2 Å². The molecule has 28 heavy (non-hydrogen) atoms. The zero-order valence-electron chi connectivity index (χ0n) is 15.9. The number of anilines is 2. The summed E-state index contributed by atoms with van der Waals surface area (Å²) >= 11 is 0. The van der Waals surface area contributed by atoms with Gasteiger partial charge in [0.15, 0.2) is 0 Å². The van der Waals surface area contributed by atoms with Gasteiger partial charge in [0.05, 0.1) is 18.2 Å². The summed E-state index contributed by atoms with van der Waals surface area (Å²) in [4.78, 5) is 39.8. The third kappa shape index (κ3) is 3.83. The molecule has 3 rings (SSSR count). The Morgan fingerprint density at radius 3 is 2.50 bits per heavy atom. The number of rotatable bonds is 6. The highest BCUT2D eigenvalue weighted by Gasteiger charge is 2.37. The Labute approximate surface area is 163 Å². The molecule has 2 aromatic rings. The molecule has 1 unspecified atom stereocenters. The molecule has 0 saturated carbocycles. The molecule has 2 aromatic carbocycles. The zero-order valence-corrected chi connectivity index (χ0v) is 15.9. The van der Waals surface area contributed by atoms with Crippen molar-refractivity contribution in [3.63, 3.8) is 0 Å². The number of amides is 3. The lowest BCUT2D eigenvalue weighted by molar-refractivity contribution is -0.124. The summed E-state index contributed by atoms with van der Waals surface area (Å²) in [6.45, 7) is 2.67. The number of carbonyl (C=O) groups is 3. The summed E-state index contributed by atoms with van der Waals surface area (Å²) < 4.78 is 5.61. The second kappa shape index (κ2) is 8.12. The van der Waals surface area contributed by atoms with E-state index in [1.807, 2.05) is 31.2 Å². The molecule has 0 radical (unpaired) electrons. The van der Waals surface area contributed by atoms with Crippen molar-refractivity contribution in [2.75, 3.05) is 30.0 Å². The van der Waals surface area contributed by atoms with Crippen molar-refractivity contribution in [1.82, 2.24) is 0 Å². The minimum absolute atomic E-state index is 0.108. The van der Waals surface area contributed by atoms with Gasteiger partial charge < -0.3 is 20.3 Å². The number of nitrogens with two attached hydrogens (primary N) is 1. The Morgan fingerprint density at radius 1 is 1.18 bits per heavy atom. The molecule has 7 heteroatoms. The van der Waals surface area contributed by atoms with Crippen LogP contribution in [0, 0.1) is 5.92 Å².